The molecule has 0 radical (unpaired) electrons. The highest BCUT2D eigenvalue weighted by molar-refractivity contribution is 5.93. The molecule has 138 valence electrons. The summed E-state index contributed by atoms with van der Waals surface area (Å²) in [5.74, 6) is 1.52. The monoisotopic (exact) mass is 354 g/mol. The Morgan fingerprint density at radius 2 is 1.92 bits per heavy atom. The molecule has 2 aromatic carbocycles. The number of nitrogens with one attached hydrogen (secondary N) is 1. The van der Waals surface area contributed by atoms with Gasteiger partial charge in [-0.05, 0) is 49.7 Å². The molecule has 0 bridgehead atoms. The summed E-state index contributed by atoms with van der Waals surface area (Å²) in [4.78, 5) is 14.5. The van der Waals surface area contributed by atoms with E-state index in [9.17, 15) is 4.79 Å². The molecule has 1 atom stereocenters. The molecule has 0 spiro atoms. The molecule has 1 N–H and O–H groups in total. The lowest BCUT2D eigenvalue weighted by Gasteiger charge is -2.30. The quantitative estimate of drug-likeness (QED) is 0.864. The third kappa shape index (κ3) is 4.35. The van der Waals surface area contributed by atoms with Gasteiger partial charge in [0.15, 0.2) is 11.5 Å². The Bertz CT molecular complexity index is 776. The van der Waals surface area contributed by atoms with Gasteiger partial charge < -0.3 is 14.8 Å². The molecule has 1 amide bonds. The molecule has 1 heterocycles. The number of anilines is 1. The van der Waals surface area contributed by atoms with E-state index < -0.39 is 0 Å². The van der Waals surface area contributed by atoms with Gasteiger partial charge in [0.1, 0.15) is 12.7 Å². The third-order valence-electron chi connectivity index (χ3n) is 4.72. The van der Waals surface area contributed by atoms with Gasteiger partial charge in [-0.1, -0.05) is 31.2 Å². The number of carbonyl (C=O) groups is 1. The Labute approximate surface area is 154 Å². The Balaban J connectivity index is 1.56. The Morgan fingerprint density at radius 3 is 2.69 bits per heavy atom. The lowest BCUT2D eigenvalue weighted by molar-refractivity contribution is -0.117. The van der Waals surface area contributed by atoms with Crippen LogP contribution in [0.3, 0.4) is 0 Å². The molecule has 0 saturated carbocycles. The molecule has 5 heteroatoms. The highest BCUT2D eigenvalue weighted by Crippen LogP contribution is 2.31. The molecule has 0 aliphatic carbocycles. The first kappa shape index (κ1) is 18.3. The molecule has 5 nitrogen and oxygen atoms in total. The van der Waals surface area contributed by atoms with Crippen molar-refractivity contribution in [3.05, 3.63) is 53.6 Å². The summed E-state index contributed by atoms with van der Waals surface area (Å²) < 4.78 is 11.8. The van der Waals surface area contributed by atoms with Crippen LogP contribution in [-0.2, 0) is 4.79 Å². The molecule has 0 fully saturated rings. The van der Waals surface area contributed by atoms with Crippen LogP contribution in [0.1, 0.15) is 18.1 Å². The normalized spacial score (nSPS) is 15.8. The van der Waals surface area contributed by atoms with E-state index in [1.807, 2.05) is 63.2 Å². The van der Waals surface area contributed by atoms with Crippen molar-refractivity contribution in [3.63, 3.8) is 0 Å². The van der Waals surface area contributed by atoms with Crippen LogP contribution in [-0.4, -0.2) is 43.2 Å². The number of likely N-dealkylation sites (N-methyl/N-ethyl adjacent to an activating group) is 1. The molecule has 1 unspecified atom stereocenters. The van der Waals surface area contributed by atoms with E-state index in [0.29, 0.717) is 19.7 Å². The largest absolute Gasteiger partial charge is 0.486 e. The van der Waals surface area contributed by atoms with Gasteiger partial charge in [0, 0.05) is 12.2 Å². The van der Waals surface area contributed by atoms with E-state index >= 15 is 0 Å². The molecule has 0 aromatic heterocycles. The van der Waals surface area contributed by atoms with Gasteiger partial charge in [-0.15, -0.1) is 0 Å². The van der Waals surface area contributed by atoms with E-state index in [-0.39, 0.29) is 12.0 Å². The third-order valence-corrected chi connectivity index (χ3v) is 4.72. The number of para-hydroxylation sites is 2. The van der Waals surface area contributed by atoms with Crippen molar-refractivity contribution in [2.45, 2.75) is 26.9 Å². The predicted octanol–water partition coefficient (Wildman–Crippen LogP) is 3.40. The highest BCUT2D eigenvalue weighted by Gasteiger charge is 2.23. The van der Waals surface area contributed by atoms with Crippen molar-refractivity contribution in [2.75, 3.05) is 31.6 Å². The Morgan fingerprint density at radius 1 is 1.15 bits per heavy atom. The summed E-state index contributed by atoms with van der Waals surface area (Å²) in [6.45, 7) is 8.34. The number of hydrogen-bond donors (Lipinski definition) is 1. The number of hydrogen-bond acceptors (Lipinski definition) is 4. The smallest absolute Gasteiger partial charge is 0.238 e. The number of nitrogens with zero attached hydrogens (tertiary/aromatic N) is 1. The topological polar surface area (TPSA) is 50.8 Å². The van der Waals surface area contributed by atoms with Gasteiger partial charge in [0.25, 0.3) is 0 Å². The standard InChI is InChI=1S/C21H26N2O3/c1-4-23(12-17-14-25-19-10-5-6-11-20(19)26-17)13-21(24)22-18-9-7-8-15(2)16(18)3/h5-11,17H,4,12-14H2,1-3H3,(H,22,24). The van der Waals surface area contributed by atoms with Crippen molar-refractivity contribution in [1.82, 2.24) is 4.90 Å². The fraction of sp³-hybridized carbons (Fsp3) is 0.381. The highest BCUT2D eigenvalue weighted by atomic mass is 16.6. The SMILES string of the molecule is CCN(CC(=O)Nc1cccc(C)c1C)CC1COc2ccccc2O1. The minimum absolute atomic E-state index is 0.0160. The van der Waals surface area contributed by atoms with Crippen LogP contribution in [0, 0.1) is 13.8 Å². The molecule has 1 aliphatic rings. The van der Waals surface area contributed by atoms with E-state index in [1.165, 1.54) is 5.56 Å². The van der Waals surface area contributed by atoms with Gasteiger partial charge in [-0.25, -0.2) is 0 Å². The van der Waals surface area contributed by atoms with E-state index in [4.69, 9.17) is 9.47 Å². The van der Waals surface area contributed by atoms with E-state index in [2.05, 4.69) is 10.2 Å². The average molecular weight is 354 g/mol. The molecular weight excluding hydrogens is 328 g/mol. The number of rotatable bonds is 6. The Hall–Kier alpha value is -2.53. The van der Waals surface area contributed by atoms with Gasteiger partial charge in [0.05, 0.1) is 6.54 Å². The summed E-state index contributed by atoms with van der Waals surface area (Å²) >= 11 is 0. The minimum atomic E-state index is -0.0849. The molecule has 2 aromatic rings. The van der Waals surface area contributed by atoms with Crippen LogP contribution < -0.4 is 14.8 Å². The first-order valence-corrected chi connectivity index (χ1v) is 9.03. The maximum absolute atomic E-state index is 12.5. The average Bonchev–Trinajstić information content (AvgIpc) is 2.65. The van der Waals surface area contributed by atoms with Crippen LogP contribution >= 0.6 is 0 Å². The number of carbonyl (C=O) groups excluding carboxylic acids is 1. The van der Waals surface area contributed by atoms with Crippen LogP contribution in [0.25, 0.3) is 0 Å². The Kier molecular flexibility index (Phi) is 5.78. The zero-order chi connectivity index (χ0) is 18.5. The van der Waals surface area contributed by atoms with Crippen molar-refractivity contribution < 1.29 is 14.3 Å². The molecule has 1 aliphatic heterocycles. The molecular formula is C21H26N2O3. The second-order valence-electron chi connectivity index (χ2n) is 6.62. The number of ether oxygens (including phenoxy) is 2. The van der Waals surface area contributed by atoms with Gasteiger partial charge in [0.2, 0.25) is 5.91 Å². The van der Waals surface area contributed by atoms with Crippen molar-refractivity contribution >= 4 is 11.6 Å². The van der Waals surface area contributed by atoms with Gasteiger partial charge in [-0.2, -0.15) is 0 Å². The number of aryl methyl sites for hydroxylation is 1. The minimum Gasteiger partial charge on any atom is -0.486 e. The number of fused-ring (bicyclic) bond motifs is 1. The maximum atomic E-state index is 12.5. The lowest BCUT2D eigenvalue weighted by Crippen LogP contribution is -2.43. The maximum Gasteiger partial charge on any atom is 0.238 e. The zero-order valence-electron chi connectivity index (χ0n) is 15.6. The van der Waals surface area contributed by atoms with E-state index in [1.54, 1.807) is 0 Å². The summed E-state index contributed by atoms with van der Waals surface area (Å²) in [5, 5.41) is 3.02. The molecule has 3 rings (SSSR count). The fourth-order valence-electron chi connectivity index (χ4n) is 3.03. The number of benzene rings is 2. The first-order valence-electron chi connectivity index (χ1n) is 9.03. The van der Waals surface area contributed by atoms with Crippen LogP contribution in [0.4, 0.5) is 5.69 Å². The molecule has 26 heavy (non-hydrogen) atoms. The first-order chi connectivity index (χ1) is 12.6. The second kappa shape index (κ2) is 8.23. The second-order valence-corrected chi connectivity index (χ2v) is 6.62. The van der Waals surface area contributed by atoms with Crippen LogP contribution in [0.2, 0.25) is 0 Å². The van der Waals surface area contributed by atoms with E-state index in [0.717, 1.165) is 29.3 Å². The summed E-state index contributed by atoms with van der Waals surface area (Å²) in [5.41, 5.74) is 3.14. The van der Waals surface area contributed by atoms with Crippen LogP contribution in [0.5, 0.6) is 11.5 Å². The summed E-state index contributed by atoms with van der Waals surface area (Å²) in [7, 11) is 0. The molecule has 0 saturated heterocycles. The van der Waals surface area contributed by atoms with Crippen molar-refractivity contribution in [2.24, 2.45) is 0 Å². The van der Waals surface area contributed by atoms with Crippen LogP contribution in [0.15, 0.2) is 42.5 Å². The van der Waals surface area contributed by atoms with Crippen molar-refractivity contribution in [3.8, 4) is 11.5 Å². The number of amides is 1. The predicted molar refractivity (Wildman–Crippen MR) is 103 cm³/mol. The fourth-order valence-corrected chi connectivity index (χ4v) is 3.03. The lowest BCUT2D eigenvalue weighted by atomic mass is 10.1. The van der Waals surface area contributed by atoms with Gasteiger partial charge >= 0.3 is 0 Å². The summed E-state index contributed by atoms with van der Waals surface area (Å²) in [6.07, 6.45) is -0.0849. The van der Waals surface area contributed by atoms with Crippen molar-refractivity contribution in [1.29, 1.82) is 0 Å². The van der Waals surface area contributed by atoms with Gasteiger partial charge in [-0.3, -0.25) is 9.69 Å². The summed E-state index contributed by atoms with van der Waals surface area (Å²) in [6, 6.07) is 13.6. The zero-order valence-corrected chi connectivity index (χ0v) is 15.6.